The van der Waals surface area contributed by atoms with Gasteiger partial charge in [-0.25, -0.2) is 0 Å². The molecule has 0 aliphatic carbocycles. The van der Waals surface area contributed by atoms with Crippen molar-refractivity contribution in [2.24, 2.45) is 0 Å². The van der Waals surface area contributed by atoms with E-state index >= 15 is 0 Å². The van der Waals surface area contributed by atoms with Gasteiger partial charge in [0.25, 0.3) is 5.91 Å². The summed E-state index contributed by atoms with van der Waals surface area (Å²) in [7, 11) is 2.05. The quantitative estimate of drug-likeness (QED) is 0.776. The van der Waals surface area contributed by atoms with Crippen LogP contribution in [0.4, 0.5) is 5.69 Å². The molecule has 0 unspecified atom stereocenters. The number of piperazine rings is 1. The van der Waals surface area contributed by atoms with Gasteiger partial charge in [0.2, 0.25) is 5.91 Å². The van der Waals surface area contributed by atoms with Gasteiger partial charge in [0.05, 0.1) is 0 Å². The van der Waals surface area contributed by atoms with Crippen molar-refractivity contribution < 1.29 is 14.4 Å². The zero-order chi connectivity index (χ0) is 19.9. The summed E-state index contributed by atoms with van der Waals surface area (Å²) in [6.07, 6.45) is 3.31. The van der Waals surface area contributed by atoms with Crippen LogP contribution < -0.4 is 5.32 Å². The third-order valence-corrected chi connectivity index (χ3v) is 4.77. The van der Waals surface area contributed by atoms with E-state index in [1.807, 2.05) is 11.9 Å². The highest BCUT2D eigenvalue weighted by Gasteiger charge is 2.20. The highest BCUT2D eigenvalue weighted by atomic mass is 16.2. The molecule has 1 aliphatic rings. The Balaban J connectivity index is 1.49. The number of anilines is 1. The van der Waals surface area contributed by atoms with Crippen LogP contribution in [0.15, 0.2) is 48.8 Å². The summed E-state index contributed by atoms with van der Waals surface area (Å²) in [5, 5.41) is 2.76. The van der Waals surface area contributed by atoms with Crippen molar-refractivity contribution >= 4 is 23.3 Å². The number of aromatic nitrogens is 1. The van der Waals surface area contributed by atoms with Gasteiger partial charge in [-0.05, 0) is 43.4 Å². The molecule has 146 valence electrons. The molecule has 0 atom stereocenters. The highest BCUT2D eigenvalue weighted by molar-refractivity contribution is 6.00. The maximum Gasteiger partial charge on any atom is 0.253 e. The van der Waals surface area contributed by atoms with Crippen LogP contribution in [0.1, 0.15) is 33.6 Å². The minimum Gasteiger partial charge on any atom is -0.336 e. The molecular formula is C21H24N4O3. The van der Waals surface area contributed by atoms with E-state index in [0.717, 1.165) is 26.2 Å². The molecule has 1 aromatic heterocycles. The Labute approximate surface area is 164 Å². The maximum atomic E-state index is 12.5. The lowest BCUT2D eigenvalue weighted by atomic mass is 10.1. The predicted octanol–water partition coefficient (Wildman–Crippen LogP) is 2.07. The molecule has 2 aromatic rings. The van der Waals surface area contributed by atoms with E-state index in [1.54, 1.807) is 42.6 Å². The molecule has 1 saturated heterocycles. The summed E-state index contributed by atoms with van der Waals surface area (Å²) in [5.41, 5.74) is 1.71. The average molecular weight is 380 g/mol. The van der Waals surface area contributed by atoms with E-state index in [4.69, 9.17) is 0 Å². The number of nitrogens with one attached hydrogen (secondary N) is 1. The van der Waals surface area contributed by atoms with Crippen molar-refractivity contribution in [3.63, 3.8) is 0 Å². The number of ketones is 1. The number of carbonyl (C=O) groups is 3. The first-order valence-electron chi connectivity index (χ1n) is 9.34. The molecule has 1 fully saturated rings. The van der Waals surface area contributed by atoms with Crippen molar-refractivity contribution in [3.05, 3.63) is 59.9 Å². The predicted molar refractivity (Wildman–Crippen MR) is 106 cm³/mol. The summed E-state index contributed by atoms with van der Waals surface area (Å²) < 4.78 is 0. The number of carbonyl (C=O) groups excluding carboxylic acids is 3. The zero-order valence-corrected chi connectivity index (χ0v) is 15.9. The van der Waals surface area contributed by atoms with Gasteiger partial charge in [0.1, 0.15) is 0 Å². The number of benzene rings is 1. The lowest BCUT2D eigenvalue weighted by Crippen LogP contribution is -2.47. The topological polar surface area (TPSA) is 82.6 Å². The zero-order valence-electron chi connectivity index (χ0n) is 15.9. The average Bonchev–Trinajstić information content (AvgIpc) is 2.73. The first-order chi connectivity index (χ1) is 13.5. The van der Waals surface area contributed by atoms with Gasteiger partial charge in [0, 0.05) is 68.2 Å². The third kappa shape index (κ3) is 5.23. The summed E-state index contributed by atoms with van der Waals surface area (Å²) in [4.78, 5) is 44.6. The molecule has 2 amide bonds. The second kappa shape index (κ2) is 9.23. The van der Waals surface area contributed by atoms with Crippen LogP contribution in [0.25, 0.3) is 0 Å². The molecule has 1 aliphatic heterocycles. The van der Waals surface area contributed by atoms with E-state index < -0.39 is 0 Å². The highest BCUT2D eigenvalue weighted by Crippen LogP contribution is 2.14. The number of nitrogens with zero attached hydrogens (tertiary/aromatic N) is 3. The fourth-order valence-electron chi connectivity index (χ4n) is 3.01. The van der Waals surface area contributed by atoms with Crippen molar-refractivity contribution in [1.29, 1.82) is 0 Å². The Hall–Kier alpha value is -3.06. The molecule has 1 N–H and O–H groups in total. The summed E-state index contributed by atoms with van der Waals surface area (Å²) in [5.74, 6) is -0.347. The Morgan fingerprint density at radius 2 is 1.68 bits per heavy atom. The molecular weight excluding hydrogens is 356 g/mol. The van der Waals surface area contributed by atoms with Crippen LogP contribution in [-0.2, 0) is 4.79 Å². The van der Waals surface area contributed by atoms with Gasteiger partial charge in [-0.3, -0.25) is 19.4 Å². The van der Waals surface area contributed by atoms with E-state index in [-0.39, 0.29) is 30.4 Å². The van der Waals surface area contributed by atoms with Gasteiger partial charge >= 0.3 is 0 Å². The normalized spacial score (nSPS) is 14.5. The summed E-state index contributed by atoms with van der Waals surface area (Å²) >= 11 is 0. The van der Waals surface area contributed by atoms with E-state index in [2.05, 4.69) is 15.2 Å². The van der Waals surface area contributed by atoms with E-state index in [1.165, 1.54) is 6.20 Å². The first kappa shape index (κ1) is 19.7. The fourth-order valence-corrected chi connectivity index (χ4v) is 3.01. The smallest absolute Gasteiger partial charge is 0.253 e. The van der Waals surface area contributed by atoms with Crippen molar-refractivity contribution in [1.82, 2.24) is 14.8 Å². The number of Topliss-reactive ketones (excluding diaryl/α,β-unsaturated/α-hetero) is 1. The van der Waals surface area contributed by atoms with Crippen LogP contribution >= 0.6 is 0 Å². The largest absolute Gasteiger partial charge is 0.336 e. The van der Waals surface area contributed by atoms with Gasteiger partial charge < -0.3 is 15.1 Å². The molecule has 2 heterocycles. The maximum absolute atomic E-state index is 12.5. The minimum atomic E-state index is -0.240. The van der Waals surface area contributed by atoms with Crippen molar-refractivity contribution in [2.45, 2.75) is 12.8 Å². The van der Waals surface area contributed by atoms with Gasteiger partial charge in [-0.15, -0.1) is 0 Å². The standard InChI is InChI=1S/C21H24N4O3/c1-24-11-13-25(14-12-24)21(28)16-4-6-18(7-5-16)23-20(27)9-8-19(26)17-3-2-10-22-15-17/h2-7,10,15H,8-9,11-14H2,1H3,(H,23,27). The molecule has 1 aromatic carbocycles. The number of amides is 2. The molecule has 0 saturated carbocycles. The van der Waals surface area contributed by atoms with E-state index in [9.17, 15) is 14.4 Å². The second-order valence-electron chi connectivity index (χ2n) is 6.89. The molecule has 0 spiro atoms. The Kier molecular flexibility index (Phi) is 6.49. The number of hydrogen-bond acceptors (Lipinski definition) is 5. The third-order valence-electron chi connectivity index (χ3n) is 4.77. The van der Waals surface area contributed by atoms with Crippen LogP contribution in [0.3, 0.4) is 0 Å². The number of pyridine rings is 1. The van der Waals surface area contributed by atoms with Crippen LogP contribution in [0.5, 0.6) is 0 Å². The van der Waals surface area contributed by atoms with Crippen LogP contribution in [0.2, 0.25) is 0 Å². The minimum absolute atomic E-state index is 0.00745. The second-order valence-corrected chi connectivity index (χ2v) is 6.89. The molecule has 7 nitrogen and oxygen atoms in total. The lowest BCUT2D eigenvalue weighted by Gasteiger charge is -2.32. The number of rotatable bonds is 6. The number of hydrogen-bond donors (Lipinski definition) is 1. The fraction of sp³-hybridized carbons (Fsp3) is 0.333. The molecule has 3 rings (SSSR count). The van der Waals surface area contributed by atoms with E-state index in [0.29, 0.717) is 16.8 Å². The lowest BCUT2D eigenvalue weighted by molar-refractivity contribution is -0.116. The van der Waals surface area contributed by atoms with Crippen LogP contribution in [0, 0.1) is 0 Å². The van der Waals surface area contributed by atoms with Crippen molar-refractivity contribution in [2.75, 3.05) is 38.5 Å². The molecule has 0 bridgehead atoms. The Morgan fingerprint density at radius 3 is 2.32 bits per heavy atom. The molecule has 28 heavy (non-hydrogen) atoms. The van der Waals surface area contributed by atoms with Gasteiger partial charge in [-0.2, -0.15) is 0 Å². The number of likely N-dealkylation sites (N-methyl/N-ethyl adjacent to an activating group) is 1. The van der Waals surface area contributed by atoms with Gasteiger partial charge in [-0.1, -0.05) is 0 Å². The first-order valence-corrected chi connectivity index (χ1v) is 9.34. The van der Waals surface area contributed by atoms with Crippen molar-refractivity contribution in [3.8, 4) is 0 Å². The molecule has 7 heteroatoms. The SMILES string of the molecule is CN1CCN(C(=O)c2ccc(NC(=O)CCC(=O)c3cccnc3)cc2)CC1. The Bertz CT molecular complexity index is 828. The van der Waals surface area contributed by atoms with Crippen LogP contribution in [-0.4, -0.2) is 65.6 Å². The molecule has 0 radical (unpaired) electrons. The summed E-state index contributed by atoms with van der Waals surface area (Å²) in [6, 6.07) is 10.2. The monoisotopic (exact) mass is 380 g/mol. The summed E-state index contributed by atoms with van der Waals surface area (Å²) in [6.45, 7) is 3.19. The Morgan fingerprint density at radius 1 is 0.964 bits per heavy atom. The van der Waals surface area contributed by atoms with Gasteiger partial charge in [0.15, 0.2) is 5.78 Å².